The van der Waals surface area contributed by atoms with Gasteiger partial charge < -0.3 is 0 Å². The summed E-state index contributed by atoms with van der Waals surface area (Å²) in [5, 5.41) is 1.76. The molecule has 5 heteroatoms. The summed E-state index contributed by atoms with van der Waals surface area (Å²) in [7, 11) is -4.11. The topological polar surface area (TPSA) is 54.4 Å². The second-order valence-corrected chi connectivity index (χ2v) is 5.57. The molecule has 76 valence electrons. The van der Waals surface area contributed by atoms with Gasteiger partial charge in [0.2, 0.25) is 0 Å². The maximum absolute atomic E-state index is 10.9. The molecule has 0 aliphatic heterocycles. The first-order chi connectivity index (χ1) is 6.98. The second-order valence-electron chi connectivity index (χ2n) is 3.14. The summed E-state index contributed by atoms with van der Waals surface area (Å²) in [6.07, 6.45) is 0. The zero-order chi connectivity index (χ0) is 11.1. The fourth-order valence-corrected chi connectivity index (χ4v) is 2.53. The van der Waals surface area contributed by atoms with E-state index in [0.29, 0.717) is 0 Å². The Bertz CT molecular complexity index is 620. The Morgan fingerprint density at radius 3 is 2.53 bits per heavy atom. The molecule has 1 N–H and O–H groups in total. The third kappa shape index (κ3) is 2.07. The molecule has 0 spiro atoms. The molecule has 2 rings (SSSR count). The first-order valence-electron chi connectivity index (χ1n) is 4.18. The summed E-state index contributed by atoms with van der Waals surface area (Å²) >= 11 is 2.42. The molecule has 0 bridgehead atoms. The zero-order valence-electron chi connectivity index (χ0n) is 7.58. The van der Waals surface area contributed by atoms with Gasteiger partial charge >= 0.3 is 96.4 Å². The molecule has 0 saturated carbocycles. The van der Waals surface area contributed by atoms with Crippen LogP contribution in [-0.2, 0) is 10.1 Å². The minimum atomic E-state index is -4.11. The summed E-state index contributed by atoms with van der Waals surface area (Å²) in [5.74, 6) is 0. The monoisotopic (exact) mass is 282 g/mol. The van der Waals surface area contributed by atoms with Crippen molar-refractivity contribution in [2.24, 2.45) is 0 Å². The van der Waals surface area contributed by atoms with Crippen molar-refractivity contribution in [3.05, 3.63) is 36.4 Å². The first-order valence-corrected chi connectivity index (χ1v) is 6.55. The predicted octanol–water partition coefficient (Wildman–Crippen LogP) is 0.880. The van der Waals surface area contributed by atoms with Crippen LogP contribution >= 0.6 is 0 Å². The Kier molecular flexibility index (Phi) is 2.59. The number of hydrogen-bond donors (Lipinski definition) is 1. The van der Waals surface area contributed by atoms with Gasteiger partial charge in [-0.05, 0) is 0 Å². The molecule has 0 aliphatic carbocycles. The molecule has 0 atom stereocenters. The van der Waals surface area contributed by atoms with Gasteiger partial charge in [0.05, 0.1) is 0 Å². The summed E-state index contributed by atoms with van der Waals surface area (Å²) in [5.41, 5.74) is 0. The van der Waals surface area contributed by atoms with E-state index in [0.717, 1.165) is 15.1 Å². The van der Waals surface area contributed by atoms with E-state index in [2.05, 4.69) is 16.9 Å². The SMILES string of the molecule is O=S(=O)(O)c1ccc2c([As])cccc2c1. The first kappa shape index (κ1) is 10.7. The van der Waals surface area contributed by atoms with Gasteiger partial charge in [-0.2, -0.15) is 0 Å². The van der Waals surface area contributed by atoms with Crippen molar-refractivity contribution in [2.45, 2.75) is 4.90 Å². The Morgan fingerprint density at radius 2 is 1.87 bits per heavy atom. The van der Waals surface area contributed by atoms with Crippen LogP contribution < -0.4 is 4.35 Å². The molecule has 0 heterocycles. The van der Waals surface area contributed by atoms with Crippen LogP contribution in [0, 0.1) is 0 Å². The molecule has 3 nitrogen and oxygen atoms in total. The molecule has 0 unspecified atom stereocenters. The average Bonchev–Trinajstić information content (AvgIpc) is 2.16. The third-order valence-corrected chi connectivity index (χ3v) is 3.79. The van der Waals surface area contributed by atoms with Crippen molar-refractivity contribution in [1.82, 2.24) is 0 Å². The van der Waals surface area contributed by atoms with E-state index < -0.39 is 10.1 Å². The third-order valence-electron chi connectivity index (χ3n) is 2.13. The molecule has 0 fully saturated rings. The molecular formula is C10H7AsO3S. The van der Waals surface area contributed by atoms with E-state index in [1.165, 1.54) is 12.1 Å². The molecule has 2 aromatic rings. The zero-order valence-corrected chi connectivity index (χ0v) is 10.3. The average molecular weight is 282 g/mol. The van der Waals surface area contributed by atoms with Crippen molar-refractivity contribution < 1.29 is 13.0 Å². The molecular weight excluding hydrogens is 275 g/mol. The maximum atomic E-state index is 10.9. The molecule has 2 radical (unpaired) electrons. The van der Waals surface area contributed by atoms with Crippen LogP contribution in [0.5, 0.6) is 0 Å². The Morgan fingerprint density at radius 1 is 1.13 bits per heavy atom. The van der Waals surface area contributed by atoms with Gasteiger partial charge in [-0.15, -0.1) is 0 Å². The molecule has 0 aliphatic rings. The molecule has 15 heavy (non-hydrogen) atoms. The fourth-order valence-electron chi connectivity index (χ4n) is 1.41. The van der Waals surface area contributed by atoms with Gasteiger partial charge in [-0.3, -0.25) is 0 Å². The van der Waals surface area contributed by atoms with E-state index in [4.69, 9.17) is 4.55 Å². The number of hydrogen-bond acceptors (Lipinski definition) is 2. The summed E-state index contributed by atoms with van der Waals surface area (Å²) < 4.78 is 31.7. The van der Waals surface area contributed by atoms with Crippen molar-refractivity contribution >= 4 is 42.1 Å². The van der Waals surface area contributed by atoms with Crippen LogP contribution in [-0.4, -0.2) is 29.8 Å². The number of benzene rings is 2. The Hall–Kier alpha value is -0.832. The normalized spacial score (nSPS) is 11.9. The molecule has 0 amide bonds. The summed E-state index contributed by atoms with van der Waals surface area (Å²) in [6.45, 7) is 0. The number of rotatable bonds is 1. The molecule has 2 aromatic carbocycles. The van der Waals surface area contributed by atoms with Crippen LogP contribution in [0.2, 0.25) is 0 Å². The predicted molar refractivity (Wildman–Crippen MR) is 59.2 cm³/mol. The van der Waals surface area contributed by atoms with E-state index >= 15 is 0 Å². The van der Waals surface area contributed by atoms with Gasteiger partial charge in [-0.25, -0.2) is 0 Å². The Balaban J connectivity index is 2.79. The summed E-state index contributed by atoms with van der Waals surface area (Å²) in [4.78, 5) is -0.0758. The van der Waals surface area contributed by atoms with Crippen molar-refractivity contribution in [3.63, 3.8) is 0 Å². The second kappa shape index (κ2) is 3.63. The van der Waals surface area contributed by atoms with Gasteiger partial charge in [0.15, 0.2) is 0 Å². The van der Waals surface area contributed by atoms with Gasteiger partial charge in [0, 0.05) is 0 Å². The van der Waals surface area contributed by atoms with E-state index in [1.54, 1.807) is 12.1 Å². The van der Waals surface area contributed by atoms with Gasteiger partial charge in [0.1, 0.15) is 0 Å². The minimum absolute atomic E-state index is 0.0758. The van der Waals surface area contributed by atoms with Crippen LogP contribution in [0.15, 0.2) is 41.3 Å². The standard InChI is InChI=1S/C10H7AsO3S/c11-10-3-1-2-7-6-8(15(12,13)14)4-5-9(7)10/h1-6H,(H,12,13,14). The van der Waals surface area contributed by atoms with Gasteiger partial charge in [0.25, 0.3) is 0 Å². The van der Waals surface area contributed by atoms with E-state index in [9.17, 15) is 8.42 Å². The summed E-state index contributed by atoms with van der Waals surface area (Å²) in [6, 6.07) is 10.1. The van der Waals surface area contributed by atoms with Gasteiger partial charge in [-0.1, -0.05) is 0 Å². The fraction of sp³-hybridized carbons (Fsp3) is 0. The van der Waals surface area contributed by atoms with E-state index in [1.807, 2.05) is 12.1 Å². The quantitative estimate of drug-likeness (QED) is 0.624. The van der Waals surface area contributed by atoms with Crippen LogP contribution in [0.25, 0.3) is 10.8 Å². The number of fused-ring (bicyclic) bond motifs is 1. The van der Waals surface area contributed by atoms with Crippen LogP contribution in [0.4, 0.5) is 0 Å². The Labute approximate surface area is 96.4 Å². The van der Waals surface area contributed by atoms with Crippen LogP contribution in [0.3, 0.4) is 0 Å². The van der Waals surface area contributed by atoms with E-state index in [-0.39, 0.29) is 4.90 Å². The molecule has 0 aromatic heterocycles. The van der Waals surface area contributed by atoms with Crippen LogP contribution in [0.1, 0.15) is 0 Å². The molecule has 0 saturated heterocycles. The van der Waals surface area contributed by atoms with Crippen molar-refractivity contribution in [3.8, 4) is 0 Å². The van der Waals surface area contributed by atoms with Crippen molar-refractivity contribution in [1.29, 1.82) is 0 Å². The van der Waals surface area contributed by atoms with Crippen molar-refractivity contribution in [2.75, 3.05) is 0 Å².